The zero-order valence-corrected chi connectivity index (χ0v) is 11.6. The maximum absolute atomic E-state index is 10.6. The molecule has 1 aromatic rings. The van der Waals surface area contributed by atoms with Gasteiger partial charge in [0.05, 0.1) is 0 Å². The Labute approximate surface area is 114 Å². The molecule has 5 nitrogen and oxygen atoms in total. The van der Waals surface area contributed by atoms with Crippen molar-refractivity contribution in [3.63, 3.8) is 0 Å². The molecule has 1 aliphatic rings. The van der Waals surface area contributed by atoms with Gasteiger partial charge in [-0.1, -0.05) is 0 Å². The molecule has 106 valence electrons. The van der Waals surface area contributed by atoms with Gasteiger partial charge in [-0.25, -0.2) is 4.98 Å². The van der Waals surface area contributed by atoms with Crippen LogP contribution >= 0.6 is 0 Å². The van der Waals surface area contributed by atoms with Crippen LogP contribution in [-0.4, -0.2) is 45.2 Å². The van der Waals surface area contributed by atoms with Gasteiger partial charge in [0, 0.05) is 45.4 Å². The molecule has 1 atom stereocenters. The van der Waals surface area contributed by atoms with Gasteiger partial charge in [0.1, 0.15) is 5.82 Å². The largest absolute Gasteiger partial charge is 0.481 e. The highest BCUT2D eigenvalue weighted by Crippen LogP contribution is 2.21. The summed E-state index contributed by atoms with van der Waals surface area (Å²) in [4.78, 5) is 17.4. The summed E-state index contributed by atoms with van der Waals surface area (Å²) in [6, 6.07) is 0. The maximum atomic E-state index is 10.6. The third kappa shape index (κ3) is 4.35. The highest BCUT2D eigenvalue weighted by molar-refractivity contribution is 5.66. The summed E-state index contributed by atoms with van der Waals surface area (Å²) >= 11 is 0. The molecule has 0 saturated carbocycles. The van der Waals surface area contributed by atoms with Gasteiger partial charge in [0.25, 0.3) is 0 Å². The Morgan fingerprint density at radius 2 is 2.42 bits per heavy atom. The van der Waals surface area contributed by atoms with Crippen molar-refractivity contribution in [3.8, 4) is 0 Å². The van der Waals surface area contributed by atoms with E-state index in [9.17, 15) is 4.79 Å². The second-order valence-corrected chi connectivity index (χ2v) is 5.45. The Bertz CT molecular complexity index is 417. The Morgan fingerprint density at radius 3 is 3.11 bits per heavy atom. The second kappa shape index (κ2) is 6.70. The number of likely N-dealkylation sites (tertiary alicyclic amines) is 1. The van der Waals surface area contributed by atoms with E-state index in [-0.39, 0.29) is 0 Å². The van der Waals surface area contributed by atoms with Crippen molar-refractivity contribution in [2.45, 2.75) is 32.1 Å². The molecule has 1 aliphatic heterocycles. The molecule has 0 aliphatic carbocycles. The van der Waals surface area contributed by atoms with Gasteiger partial charge in [-0.3, -0.25) is 4.79 Å². The third-order valence-corrected chi connectivity index (χ3v) is 3.94. The molecule has 0 bridgehead atoms. The molecule has 0 radical (unpaired) electrons. The van der Waals surface area contributed by atoms with Crippen molar-refractivity contribution in [1.29, 1.82) is 0 Å². The fourth-order valence-corrected chi connectivity index (χ4v) is 2.81. The molecule has 2 rings (SSSR count). The van der Waals surface area contributed by atoms with Gasteiger partial charge in [0.15, 0.2) is 0 Å². The first kappa shape index (κ1) is 14.1. The monoisotopic (exact) mass is 265 g/mol. The van der Waals surface area contributed by atoms with Gasteiger partial charge >= 0.3 is 5.97 Å². The summed E-state index contributed by atoms with van der Waals surface area (Å²) in [6.45, 7) is 3.19. The number of hydrogen-bond acceptors (Lipinski definition) is 3. The minimum atomic E-state index is -0.676. The van der Waals surface area contributed by atoms with Gasteiger partial charge in [-0.15, -0.1) is 0 Å². The van der Waals surface area contributed by atoms with E-state index in [1.54, 1.807) is 0 Å². The number of hydrogen-bond donors (Lipinski definition) is 1. The predicted molar refractivity (Wildman–Crippen MR) is 72.9 cm³/mol. The van der Waals surface area contributed by atoms with Crippen LogP contribution in [0.1, 0.15) is 31.5 Å². The quantitative estimate of drug-likeness (QED) is 0.847. The second-order valence-electron chi connectivity index (χ2n) is 5.45. The summed E-state index contributed by atoms with van der Waals surface area (Å²) in [5.74, 6) is 0.990. The van der Waals surface area contributed by atoms with Crippen LogP contribution in [0.25, 0.3) is 0 Å². The minimum Gasteiger partial charge on any atom is -0.481 e. The van der Waals surface area contributed by atoms with Crippen LogP contribution in [0.3, 0.4) is 0 Å². The molecule has 5 heteroatoms. The Balaban J connectivity index is 1.75. The number of carboxylic acids is 1. The molecule has 1 fully saturated rings. The van der Waals surface area contributed by atoms with Crippen molar-refractivity contribution in [2.75, 3.05) is 19.6 Å². The van der Waals surface area contributed by atoms with E-state index < -0.39 is 5.97 Å². The molecule has 1 saturated heterocycles. The van der Waals surface area contributed by atoms with Gasteiger partial charge in [0.2, 0.25) is 0 Å². The molecule has 1 aromatic heterocycles. The number of carbonyl (C=O) groups is 1. The Hall–Kier alpha value is -1.36. The fraction of sp³-hybridized carbons (Fsp3) is 0.714. The van der Waals surface area contributed by atoms with Gasteiger partial charge in [-0.05, 0) is 31.7 Å². The standard InChI is InChI=1S/C14H23N3O2/c1-16-10-7-15-13(16)6-9-17-8-2-3-12(11-17)4-5-14(18)19/h7,10,12H,2-6,8-9,11H2,1H3,(H,18,19). The molecular formula is C14H23N3O2. The van der Waals surface area contributed by atoms with Gasteiger partial charge in [-0.2, -0.15) is 0 Å². The van der Waals surface area contributed by atoms with Crippen LogP contribution in [0.2, 0.25) is 0 Å². The van der Waals surface area contributed by atoms with E-state index in [1.807, 2.05) is 19.4 Å². The van der Waals surface area contributed by atoms with Crippen LogP contribution in [-0.2, 0) is 18.3 Å². The molecular weight excluding hydrogens is 242 g/mol. The van der Waals surface area contributed by atoms with Crippen LogP contribution in [0.5, 0.6) is 0 Å². The predicted octanol–water partition coefficient (Wildman–Crippen LogP) is 1.54. The van der Waals surface area contributed by atoms with Crippen molar-refractivity contribution < 1.29 is 9.90 Å². The van der Waals surface area contributed by atoms with Crippen LogP contribution in [0, 0.1) is 5.92 Å². The number of aliphatic carboxylic acids is 1. The lowest BCUT2D eigenvalue weighted by Crippen LogP contribution is -2.37. The summed E-state index contributed by atoms with van der Waals surface area (Å²) in [5, 5.41) is 8.74. The van der Waals surface area contributed by atoms with E-state index in [0.717, 1.165) is 38.3 Å². The lowest BCUT2D eigenvalue weighted by molar-refractivity contribution is -0.137. The molecule has 0 spiro atoms. The number of nitrogens with zero attached hydrogens (tertiary/aromatic N) is 3. The fourth-order valence-electron chi connectivity index (χ4n) is 2.81. The molecule has 1 unspecified atom stereocenters. The van der Waals surface area contributed by atoms with E-state index in [4.69, 9.17) is 5.11 Å². The minimum absolute atomic E-state index is 0.303. The molecule has 1 N–H and O–H groups in total. The molecule has 0 aromatic carbocycles. The zero-order valence-electron chi connectivity index (χ0n) is 11.6. The summed E-state index contributed by atoms with van der Waals surface area (Å²) in [5.41, 5.74) is 0. The summed E-state index contributed by atoms with van der Waals surface area (Å²) in [6.07, 6.45) is 8.25. The smallest absolute Gasteiger partial charge is 0.303 e. The van der Waals surface area contributed by atoms with E-state index in [2.05, 4.69) is 14.5 Å². The van der Waals surface area contributed by atoms with Crippen molar-refractivity contribution in [3.05, 3.63) is 18.2 Å². The molecule has 2 heterocycles. The SMILES string of the molecule is Cn1ccnc1CCN1CCCC(CCC(=O)O)C1. The first-order valence-corrected chi connectivity index (χ1v) is 7.05. The maximum Gasteiger partial charge on any atom is 0.303 e. The van der Waals surface area contributed by atoms with Gasteiger partial charge < -0.3 is 14.6 Å². The lowest BCUT2D eigenvalue weighted by Gasteiger charge is -2.32. The Kier molecular flexibility index (Phi) is 4.96. The van der Waals surface area contributed by atoms with Crippen molar-refractivity contribution in [2.24, 2.45) is 13.0 Å². The van der Waals surface area contributed by atoms with Crippen LogP contribution in [0.15, 0.2) is 12.4 Å². The normalized spacial score (nSPS) is 20.6. The van der Waals surface area contributed by atoms with E-state index in [0.29, 0.717) is 12.3 Å². The third-order valence-electron chi connectivity index (χ3n) is 3.94. The first-order chi connectivity index (χ1) is 9.15. The average Bonchev–Trinajstić information content (AvgIpc) is 2.80. The number of aryl methyl sites for hydroxylation is 1. The Morgan fingerprint density at radius 1 is 1.58 bits per heavy atom. The topological polar surface area (TPSA) is 58.4 Å². The number of imidazole rings is 1. The number of piperidine rings is 1. The molecule has 0 amide bonds. The number of carboxylic acid groups (broad SMARTS) is 1. The summed E-state index contributed by atoms with van der Waals surface area (Å²) < 4.78 is 2.06. The average molecular weight is 265 g/mol. The molecule has 19 heavy (non-hydrogen) atoms. The van der Waals surface area contributed by atoms with Crippen LogP contribution < -0.4 is 0 Å². The first-order valence-electron chi connectivity index (χ1n) is 7.05. The zero-order chi connectivity index (χ0) is 13.7. The van der Waals surface area contributed by atoms with E-state index >= 15 is 0 Å². The summed E-state index contributed by atoms with van der Waals surface area (Å²) in [7, 11) is 2.02. The lowest BCUT2D eigenvalue weighted by atomic mass is 9.93. The van der Waals surface area contributed by atoms with Crippen molar-refractivity contribution >= 4 is 5.97 Å². The van der Waals surface area contributed by atoms with Crippen molar-refractivity contribution in [1.82, 2.24) is 14.5 Å². The highest BCUT2D eigenvalue weighted by Gasteiger charge is 2.20. The number of aromatic nitrogens is 2. The highest BCUT2D eigenvalue weighted by atomic mass is 16.4. The van der Waals surface area contributed by atoms with E-state index in [1.165, 1.54) is 12.8 Å². The number of rotatable bonds is 6. The van der Waals surface area contributed by atoms with Crippen LogP contribution in [0.4, 0.5) is 0 Å².